The Hall–Kier alpha value is -1.51. The predicted molar refractivity (Wildman–Crippen MR) is 53.2 cm³/mol. The largest absolute Gasteiger partial charge is 0.497 e. The van der Waals surface area contributed by atoms with Crippen LogP contribution in [0.1, 0.15) is 12.0 Å². The zero-order valence-electron chi connectivity index (χ0n) is 7.71. The first-order valence-corrected chi connectivity index (χ1v) is 4.18. The van der Waals surface area contributed by atoms with Crippen molar-refractivity contribution in [2.75, 3.05) is 7.11 Å². The molecule has 70 valence electrons. The third-order valence-corrected chi connectivity index (χ3v) is 1.82. The van der Waals surface area contributed by atoms with Gasteiger partial charge in [0.25, 0.3) is 0 Å². The number of amidine groups is 1. The minimum Gasteiger partial charge on any atom is -0.497 e. The van der Waals surface area contributed by atoms with E-state index in [4.69, 9.17) is 15.9 Å². The second kappa shape index (κ2) is 4.50. The van der Waals surface area contributed by atoms with Gasteiger partial charge in [-0.05, 0) is 24.1 Å². The molecule has 13 heavy (non-hydrogen) atoms. The summed E-state index contributed by atoms with van der Waals surface area (Å²) in [6, 6.07) is 7.81. The van der Waals surface area contributed by atoms with Gasteiger partial charge >= 0.3 is 0 Å². The fraction of sp³-hybridized carbons (Fsp3) is 0.300. The van der Waals surface area contributed by atoms with Crippen molar-refractivity contribution < 1.29 is 4.74 Å². The number of aryl methyl sites for hydroxylation is 1. The van der Waals surface area contributed by atoms with Crippen molar-refractivity contribution in [1.29, 1.82) is 5.41 Å². The van der Waals surface area contributed by atoms with E-state index in [1.54, 1.807) is 7.11 Å². The van der Waals surface area contributed by atoms with Gasteiger partial charge in [-0.1, -0.05) is 12.1 Å². The second-order valence-electron chi connectivity index (χ2n) is 2.88. The third-order valence-electron chi connectivity index (χ3n) is 1.82. The van der Waals surface area contributed by atoms with E-state index in [9.17, 15) is 0 Å². The van der Waals surface area contributed by atoms with Crippen LogP contribution in [-0.2, 0) is 6.42 Å². The Morgan fingerprint density at radius 1 is 1.54 bits per heavy atom. The van der Waals surface area contributed by atoms with Crippen LogP contribution in [0.2, 0.25) is 0 Å². The molecule has 0 fully saturated rings. The molecule has 0 aliphatic rings. The molecule has 0 amide bonds. The number of benzene rings is 1. The molecule has 0 saturated heterocycles. The van der Waals surface area contributed by atoms with Gasteiger partial charge in [0.15, 0.2) is 0 Å². The van der Waals surface area contributed by atoms with E-state index >= 15 is 0 Å². The zero-order valence-corrected chi connectivity index (χ0v) is 7.71. The number of nitrogens with one attached hydrogen (secondary N) is 1. The van der Waals surface area contributed by atoms with Crippen LogP contribution >= 0.6 is 0 Å². The Bertz CT molecular complexity index is 297. The maximum absolute atomic E-state index is 7.09. The molecule has 0 bridgehead atoms. The highest BCUT2D eigenvalue weighted by Gasteiger charge is 1.96. The molecule has 3 heteroatoms. The third kappa shape index (κ3) is 3.15. The average Bonchev–Trinajstić information content (AvgIpc) is 2.15. The van der Waals surface area contributed by atoms with Gasteiger partial charge in [0.2, 0.25) is 0 Å². The summed E-state index contributed by atoms with van der Waals surface area (Å²) in [5, 5.41) is 7.09. The van der Waals surface area contributed by atoms with Gasteiger partial charge in [-0.3, -0.25) is 5.41 Å². The highest BCUT2D eigenvalue weighted by Crippen LogP contribution is 2.13. The van der Waals surface area contributed by atoms with Gasteiger partial charge < -0.3 is 10.5 Å². The van der Waals surface area contributed by atoms with E-state index in [0.717, 1.165) is 17.7 Å². The van der Waals surface area contributed by atoms with E-state index < -0.39 is 0 Å². The summed E-state index contributed by atoms with van der Waals surface area (Å²) >= 11 is 0. The first kappa shape index (κ1) is 9.58. The fourth-order valence-corrected chi connectivity index (χ4v) is 1.11. The lowest BCUT2D eigenvalue weighted by Gasteiger charge is -2.03. The van der Waals surface area contributed by atoms with Crippen LogP contribution in [0.4, 0.5) is 0 Å². The predicted octanol–water partition coefficient (Wildman–Crippen LogP) is 1.56. The van der Waals surface area contributed by atoms with Gasteiger partial charge in [0.05, 0.1) is 12.9 Å². The van der Waals surface area contributed by atoms with Crippen molar-refractivity contribution in [3.63, 3.8) is 0 Å². The Morgan fingerprint density at radius 3 is 2.92 bits per heavy atom. The van der Waals surface area contributed by atoms with Crippen LogP contribution in [0.25, 0.3) is 0 Å². The van der Waals surface area contributed by atoms with E-state index in [1.807, 2.05) is 24.3 Å². The summed E-state index contributed by atoms with van der Waals surface area (Å²) in [4.78, 5) is 0. The van der Waals surface area contributed by atoms with Crippen molar-refractivity contribution in [1.82, 2.24) is 0 Å². The van der Waals surface area contributed by atoms with Gasteiger partial charge in [0.1, 0.15) is 5.75 Å². The lowest BCUT2D eigenvalue weighted by atomic mass is 10.1. The molecule has 1 rings (SSSR count). The summed E-state index contributed by atoms with van der Waals surface area (Å²) in [6.07, 6.45) is 1.40. The van der Waals surface area contributed by atoms with Gasteiger partial charge in [-0.15, -0.1) is 0 Å². The standard InChI is InChI=1S/C10H14N2O/c1-13-9-4-2-3-8(7-9)5-6-10(11)12/h2-4,7H,5-6H2,1H3,(H3,11,12). The molecule has 0 aromatic heterocycles. The fourth-order valence-electron chi connectivity index (χ4n) is 1.11. The summed E-state index contributed by atoms with van der Waals surface area (Å²) in [5.74, 6) is 1.07. The van der Waals surface area contributed by atoms with E-state index in [2.05, 4.69) is 0 Å². The Kier molecular flexibility index (Phi) is 3.31. The minimum atomic E-state index is 0.225. The van der Waals surface area contributed by atoms with Gasteiger partial charge in [-0.2, -0.15) is 0 Å². The molecule has 0 heterocycles. The Morgan fingerprint density at radius 2 is 2.31 bits per heavy atom. The van der Waals surface area contributed by atoms with Crippen molar-refractivity contribution in [3.8, 4) is 5.75 Å². The normalized spacial score (nSPS) is 9.62. The lowest BCUT2D eigenvalue weighted by Crippen LogP contribution is -2.10. The summed E-state index contributed by atoms with van der Waals surface area (Å²) in [7, 11) is 1.64. The monoisotopic (exact) mass is 178 g/mol. The van der Waals surface area contributed by atoms with E-state index in [1.165, 1.54) is 0 Å². The van der Waals surface area contributed by atoms with Crippen LogP contribution in [0, 0.1) is 5.41 Å². The number of rotatable bonds is 4. The lowest BCUT2D eigenvalue weighted by molar-refractivity contribution is 0.414. The van der Waals surface area contributed by atoms with Crippen LogP contribution in [-0.4, -0.2) is 12.9 Å². The molecule has 0 aliphatic heterocycles. The zero-order chi connectivity index (χ0) is 9.68. The molecular weight excluding hydrogens is 164 g/mol. The second-order valence-corrected chi connectivity index (χ2v) is 2.88. The number of nitrogens with two attached hydrogens (primary N) is 1. The minimum absolute atomic E-state index is 0.225. The van der Waals surface area contributed by atoms with Crippen LogP contribution < -0.4 is 10.5 Å². The van der Waals surface area contributed by atoms with Crippen LogP contribution in [0.5, 0.6) is 5.75 Å². The van der Waals surface area contributed by atoms with Crippen LogP contribution in [0.15, 0.2) is 24.3 Å². The van der Waals surface area contributed by atoms with Crippen molar-refractivity contribution in [2.45, 2.75) is 12.8 Å². The molecule has 3 nitrogen and oxygen atoms in total. The molecule has 1 aromatic carbocycles. The molecule has 0 spiro atoms. The molecule has 3 N–H and O–H groups in total. The number of methoxy groups -OCH3 is 1. The number of ether oxygens (including phenoxy) is 1. The SMILES string of the molecule is COc1cccc(CCC(=N)N)c1. The maximum atomic E-state index is 7.09. The quantitative estimate of drug-likeness (QED) is 0.543. The summed E-state index contributed by atoms with van der Waals surface area (Å²) < 4.78 is 5.08. The molecule has 0 radical (unpaired) electrons. The molecule has 0 saturated carbocycles. The molecular formula is C10H14N2O. The number of hydrogen-bond acceptors (Lipinski definition) is 2. The molecule has 1 aromatic rings. The summed E-state index contributed by atoms with van der Waals surface area (Å²) in [5.41, 5.74) is 6.41. The van der Waals surface area contributed by atoms with Crippen molar-refractivity contribution in [3.05, 3.63) is 29.8 Å². The molecule has 0 atom stereocenters. The first-order chi connectivity index (χ1) is 6.22. The van der Waals surface area contributed by atoms with Crippen molar-refractivity contribution >= 4 is 5.84 Å². The van der Waals surface area contributed by atoms with E-state index in [0.29, 0.717) is 6.42 Å². The first-order valence-electron chi connectivity index (χ1n) is 4.18. The molecule has 0 unspecified atom stereocenters. The Labute approximate surface area is 78.0 Å². The van der Waals surface area contributed by atoms with E-state index in [-0.39, 0.29) is 5.84 Å². The molecule has 0 aliphatic carbocycles. The maximum Gasteiger partial charge on any atom is 0.119 e. The summed E-state index contributed by atoms with van der Waals surface area (Å²) in [6.45, 7) is 0. The average molecular weight is 178 g/mol. The number of hydrogen-bond donors (Lipinski definition) is 2. The van der Waals surface area contributed by atoms with Crippen LogP contribution in [0.3, 0.4) is 0 Å². The van der Waals surface area contributed by atoms with Crippen molar-refractivity contribution in [2.24, 2.45) is 5.73 Å². The smallest absolute Gasteiger partial charge is 0.119 e. The Balaban J connectivity index is 2.61. The topological polar surface area (TPSA) is 59.1 Å². The highest BCUT2D eigenvalue weighted by atomic mass is 16.5. The van der Waals surface area contributed by atoms with Gasteiger partial charge in [0, 0.05) is 6.42 Å². The van der Waals surface area contributed by atoms with Gasteiger partial charge in [-0.25, -0.2) is 0 Å². The highest BCUT2D eigenvalue weighted by molar-refractivity contribution is 5.77.